The maximum Gasteiger partial charge on any atom is 0.169 e. The average molecular weight is 241 g/mol. The Morgan fingerprint density at radius 2 is 2.17 bits per heavy atom. The van der Waals surface area contributed by atoms with Gasteiger partial charge in [-0.1, -0.05) is 30.3 Å². The molecule has 1 aromatic carbocycles. The molecule has 0 bridgehead atoms. The minimum absolute atomic E-state index is 0.691. The third-order valence-corrected chi connectivity index (χ3v) is 2.84. The first-order chi connectivity index (χ1) is 8.92. The summed E-state index contributed by atoms with van der Waals surface area (Å²) in [5, 5.41) is 6.54. The van der Waals surface area contributed by atoms with Gasteiger partial charge in [-0.05, 0) is 5.56 Å². The summed E-state index contributed by atoms with van der Waals surface area (Å²) in [5.41, 5.74) is 2.22. The largest absolute Gasteiger partial charge is 0.488 e. The van der Waals surface area contributed by atoms with Gasteiger partial charge in [-0.25, -0.2) is 4.98 Å². The molecule has 2 N–H and O–H groups in total. The molecule has 0 unspecified atom stereocenters. The van der Waals surface area contributed by atoms with Crippen molar-refractivity contribution in [3.8, 4) is 5.75 Å². The standard InChI is InChI=1S/C14H15N3O/c1-2-4-11(5-3-1)9-16-12-8-13-14(17-10-12)15-6-7-18-13/h1-5,8,10,16H,6-7,9H2,(H,15,17). The highest BCUT2D eigenvalue weighted by Gasteiger charge is 2.10. The molecule has 0 fully saturated rings. The quantitative estimate of drug-likeness (QED) is 0.866. The molecule has 0 saturated heterocycles. The highest BCUT2D eigenvalue weighted by Crippen LogP contribution is 2.27. The first-order valence-corrected chi connectivity index (χ1v) is 6.06. The maximum atomic E-state index is 5.55. The molecule has 1 aromatic heterocycles. The van der Waals surface area contributed by atoms with Crippen molar-refractivity contribution in [2.24, 2.45) is 0 Å². The smallest absolute Gasteiger partial charge is 0.169 e. The summed E-state index contributed by atoms with van der Waals surface area (Å²) in [6.07, 6.45) is 1.82. The Morgan fingerprint density at radius 1 is 1.28 bits per heavy atom. The summed E-state index contributed by atoms with van der Waals surface area (Å²) in [7, 11) is 0. The lowest BCUT2D eigenvalue weighted by Gasteiger charge is -2.18. The van der Waals surface area contributed by atoms with Crippen molar-refractivity contribution < 1.29 is 4.74 Å². The number of nitrogens with zero attached hydrogens (tertiary/aromatic N) is 1. The Bertz CT molecular complexity index is 528. The molecule has 4 nitrogen and oxygen atoms in total. The maximum absolute atomic E-state index is 5.55. The van der Waals surface area contributed by atoms with E-state index < -0.39 is 0 Å². The molecular weight excluding hydrogens is 226 g/mol. The average Bonchev–Trinajstić information content (AvgIpc) is 2.46. The predicted octanol–water partition coefficient (Wildman–Crippen LogP) is 2.50. The van der Waals surface area contributed by atoms with Crippen molar-refractivity contribution in [3.05, 3.63) is 48.2 Å². The molecule has 3 rings (SSSR count). The third-order valence-electron chi connectivity index (χ3n) is 2.84. The van der Waals surface area contributed by atoms with E-state index in [1.54, 1.807) is 0 Å². The molecule has 1 aliphatic rings. The Labute approximate surface area is 106 Å². The fourth-order valence-electron chi connectivity index (χ4n) is 1.91. The molecule has 2 heterocycles. The molecule has 2 aromatic rings. The van der Waals surface area contributed by atoms with Crippen LogP contribution in [0.2, 0.25) is 0 Å². The van der Waals surface area contributed by atoms with Gasteiger partial charge >= 0.3 is 0 Å². The number of hydrogen-bond acceptors (Lipinski definition) is 4. The molecule has 0 radical (unpaired) electrons. The first-order valence-electron chi connectivity index (χ1n) is 6.06. The van der Waals surface area contributed by atoms with Crippen LogP contribution in [-0.2, 0) is 6.54 Å². The van der Waals surface area contributed by atoms with Crippen molar-refractivity contribution in [1.29, 1.82) is 0 Å². The molecular formula is C14H15N3O. The fourth-order valence-corrected chi connectivity index (χ4v) is 1.91. The molecule has 1 aliphatic heterocycles. The summed E-state index contributed by atoms with van der Waals surface area (Å²) in [4.78, 5) is 4.33. The van der Waals surface area contributed by atoms with Gasteiger partial charge in [0.05, 0.1) is 18.4 Å². The Balaban J connectivity index is 1.70. The van der Waals surface area contributed by atoms with E-state index in [9.17, 15) is 0 Å². The Morgan fingerprint density at radius 3 is 3.06 bits per heavy atom. The summed E-state index contributed by atoms with van der Waals surface area (Å²) < 4.78 is 5.55. The number of benzene rings is 1. The van der Waals surface area contributed by atoms with E-state index in [0.717, 1.165) is 30.3 Å². The van der Waals surface area contributed by atoms with E-state index in [1.165, 1.54) is 5.56 Å². The van der Waals surface area contributed by atoms with Crippen LogP contribution in [0.5, 0.6) is 5.75 Å². The second kappa shape index (κ2) is 4.96. The molecule has 0 saturated carbocycles. The number of hydrogen-bond donors (Lipinski definition) is 2. The summed E-state index contributed by atoms with van der Waals surface area (Å²) in [6, 6.07) is 12.3. The molecule has 18 heavy (non-hydrogen) atoms. The van der Waals surface area contributed by atoms with Crippen LogP contribution in [0.3, 0.4) is 0 Å². The van der Waals surface area contributed by atoms with Gasteiger partial charge in [0.25, 0.3) is 0 Å². The van der Waals surface area contributed by atoms with E-state index in [-0.39, 0.29) is 0 Å². The molecule has 0 amide bonds. The van der Waals surface area contributed by atoms with E-state index in [4.69, 9.17) is 4.74 Å². The molecule has 0 aliphatic carbocycles. The summed E-state index contributed by atoms with van der Waals surface area (Å²) in [5.74, 6) is 1.64. The van der Waals surface area contributed by atoms with Crippen LogP contribution < -0.4 is 15.4 Å². The number of ether oxygens (including phenoxy) is 1. The van der Waals surface area contributed by atoms with Gasteiger partial charge < -0.3 is 15.4 Å². The fraction of sp³-hybridized carbons (Fsp3) is 0.214. The van der Waals surface area contributed by atoms with E-state index in [1.807, 2.05) is 30.5 Å². The van der Waals surface area contributed by atoms with Gasteiger partial charge in [0.15, 0.2) is 11.6 Å². The van der Waals surface area contributed by atoms with Crippen LogP contribution in [-0.4, -0.2) is 18.1 Å². The number of rotatable bonds is 3. The summed E-state index contributed by atoms with van der Waals surface area (Å²) in [6.45, 7) is 2.29. The van der Waals surface area contributed by atoms with Gasteiger partial charge in [-0.2, -0.15) is 0 Å². The zero-order chi connectivity index (χ0) is 12.2. The Kier molecular flexibility index (Phi) is 3.00. The van der Waals surface area contributed by atoms with E-state index >= 15 is 0 Å². The minimum Gasteiger partial charge on any atom is -0.488 e. The number of anilines is 2. The number of nitrogens with one attached hydrogen (secondary N) is 2. The molecule has 92 valence electrons. The molecule has 4 heteroatoms. The van der Waals surface area contributed by atoms with Crippen LogP contribution in [0.4, 0.5) is 11.5 Å². The van der Waals surface area contributed by atoms with Crippen molar-refractivity contribution in [3.63, 3.8) is 0 Å². The van der Waals surface area contributed by atoms with Crippen molar-refractivity contribution in [2.75, 3.05) is 23.8 Å². The van der Waals surface area contributed by atoms with Gasteiger partial charge in [0, 0.05) is 12.6 Å². The van der Waals surface area contributed by atoms with Crippen molar-refractivity contribution >= 4 is 11.5 Å². The SMILES string of the molecule is c1ccc(CNc2cnc3c(c2)OCCN3)cc1. The minimum atomic E-state index is 0.691. The second-order valence-electron chi connectivity index (χ2n) is 4.19. The third kappa shape index (κ3) is 2.37. The first kappa shape index (κ1) is 10.9. The second-order valence-corrected chi connectivity index (χ2v) is 4.19. The van der Waals surface area contributed by atoms with Crippen molar-refractivity contribution in [2.45, 2.75) is 6.54 Å². The topological polar surface area (TPSA) is 46.2 Å². The van der Waals surface area contributed by atoms with Crippen LogP contribution in [0.25, 0.3) is 0 Å². The molecule has 0 atom stereocenters. The monoisotopic (exact) mass is 241 g/mol. The number of aromatic nitrogens is 1. The van der Waals surface area contributed by atoms with Gasteiger partial charge in [0.1, 0.15) is 6.61 Å². The number of fused-ring (bicyclic) bond motifs is 1. The van der Waals surface area contributed by atoms with Gasteiger partial charge in [0.2, 0.25) is 0 Å². The van der Waals surface area contributed by atoms with Gasteiger partial charge in [-0.15, -0.1) is 0 Å². The Hall–Kier alpha value is -2.23. The normalized spacial score (nSPS) is 13.1. The highest BCUT2D eigenvalue weighted by molar-refractivity contribution is 5.59. The zero-order valence-corrected chi connectivity index (χ0v) is 10.0. The predicted molar refractivity (Wildman–Crippen MR) is 72.0 cm³/mol. The van der Waals surface area contributed by atoms with E-state index in [0.29, 0.717) is 6.61 Å². The van der Waals surface area contributed by atoms with Crippen molar-refractivity contribution in [1.82, 2.24) is 4.98 Å². The van der Waals surface area contributed by atoms with Gasteiger partial charge in [-0.3, -0.25) is 0 Å². The van der Waals surface area contributed by atoms with Crippen LogP contribution in [0, 0.1) is 0 Å². The zero-order valence-electron chi connectivity index (χ0n) is 10.0. The van der Waals surface area contributed by atoms with Crippen LogP contribution in [0.15, 0.2) is 42.6 Å². The lowest BCUT2D eigenvalue weighted by Crippen LogP contribution is -2.19. The summed E-state index contributed by atoms with van der Waals surface area (Å²) >= 11 is 0. The molecule has 0 spiro atoms. The van der Waals surface area contributed by atoms with Crippen LogP contribution >= 0.6 is 0 Å². The lowest BCUT2D eigenvalue weighted by molar-refractivity contribution is 0.321. The highest BCUT2D eigenvalue weighted by atomic mass is 16.5. The van der Waals surface area contributed by atoms with Crippen LogP contribution in [0.1, 0.15) is 5.56 Å². The number of pyridine rings is 1. The lowest BCUT2D eigenvalue weighted by atomic mass is 10.2. The van der Waals surface area contributed by atoms with E-state index in [2.05, 4.69) is 27.8 Å².